The minimum Gasteiger partial charge on any atom is -0.379 e. The molecule has 1 heterocycles. The van der Waals surface area contributed by atoms with E-state index in [0.29, 0.717) is 29.1 Å². The van der Waals surface area contributed by atoms with E-state index in [1.165, 1.54) is 6.07 Å². The number of carbonyl (C=O) groups is 1. The van der Waals surface area contributed by atoms with Crippen LogP contribution in [0.4, 0.5) is 0 Å². The van der Waals surface area contributed by atoms with Crippen LogP contribution in [0.5, 0.6) is 0 Å². The lowest BCUT2D eigenvalue weighted by atomic mass is 10.2. The van der Waals surface area contributed by atoms with Gasteiger partial charge >= 0.3 is 0 Å². The van der Waals surface area contributed by atoms with E-state index < -0.39 is 0 Å². The van der Waals surface area contributed by atoms with Crippen molar-refractivity contribution in [1.29, 1.82) is 0 Å². The number of aromatic nitrogens is 1. The van der Waals surface area contributed by atoms with Crippen molar-refractivity contribution in [2.75, 3.05) is 13.2 Å². The number of nitrogens with one attached hydrogen (secondary N) is 1. The second-order valence-corrected chi connectivity index (χ2v) is 6.03. The van der Waals surface area contributed by atoms with E-state index in [1.54, 1.807) is 29.0 Å². The normalized spacial score (nSPS) is 11.1. The summed E-state index contributed by atoms with van der Waals surface area (Å²) in [5.74, 6) is -0.102. The van der Waals surface area contributed by atoms with Crippen LogP contribution in [0, 0.1) is 0 Å². The monoisotopic (exact) mass is 336 g/mol. The van der Waals surface area contributed by atoms with Crippen LogP contribution in [0.15, 0.2) is 35.3 Å². The van der Waals surface area contributed by atoms with E-state index in [4.69, 9.17) is 16.3 Å². The first kappa shape index (κ1) is 17.5. The molecule has 0 atom stereocenters. The van der Waals surface area contributed by atoms with Crippen LogP contribution in [-0.2, 0) is 16.1 Å². The summed E-state index contributed by atoms with van der Waals surface area (Å²) in [5.41, 5.74) is 0.588. The van der Waals surface area contributed by atoms with Gasteiger partial charge in [0, 0.05) is 35.8 Å². The van der Waals surface area contributed by atoms with Crippen LogP contribution in [0.1, 0.15) is 20.3 Å². The Morgan fingerprint density at radius 3 is 2.87 bits per heavy atom. The molecule has 0 radical (unpaired) electrons. The molecule has 23 heavy (non-hydrogen) atoms. The standard InChI is InChI=1S/C17H21ClN2O3/c1-12(2)23-9-3-7-19-17(22)11-20-8-6-16(21)14-10-13(18)4-5-15(14)20/h4-6,8,10,12H,3,7,9,11H2,1-2H3,(H,19,22). The fraction of sp³-hybridized carbons (Fsp3) is 0.412. The van der Waals surface area contributed by atoms with Crippen molar-refractivity contribution < 1.29 is 9.53 Å². The van der Waals surface area contributed by atoms with Gasteiger partial charge in [-0.05, 0) is 38.5 Å². The molecule has 0 spiro atoms. The Bertz CT molecular complexity index is 740. The number of amides is 1. The number of rotatable bonds is 7. The van der Waals surface area contributed by atoms with Gasteiger partial charge in [0.05, 0.1) is 11.6 Å². The van der Waals surface area contributed by atoms with Gasteiger partial charge in [-0.15, -0.1) is 0 Å². The zero-order chi connectivity index (χ0) is 16.8. The Kier molecular flexibility index (Phi) is 6.19. The zero-order valence-electron chi connectivity index (χ0n) is 13.3. The summed E-state index contributed by atoms with van der Waals surface area (Å²) < 4.78 is 7.16. The van der Waals surface area contributed by atoms with Gasteiger partial charge in [0.1, 0.15) is 6.54 Å². The summed E-state index contributed by atoms with van der Waals surface area (Å²) in [6, 6.07) is 6.53. The van der Waals surface area contributed by atoms with Crippen molar-refractivity contribution in [2.45, 2.75) is 32.9 Å². The van der Waals surface area contributed by atoms with Crippen molar-refractivity contribution in [3.8, 4) is 0 Å². The lowest BCUT2D eigenvalue weighted by Gasteiger charge is -2.12. The molecule has 0 bridgehead atoms. The molecule has 2 aromatic rings. The van der Waals surface area contributed by atoms with E-state index in [1.807, 2.05) is 13.8 Å². The summed E-state index contributed by atoms with van der Waals surface area (Å²) >= 11 is 5.93. The van der Waals surface area contributed by atoms with Gasteiger partial charge in [0.2, 0.25) is 5.91 Å². The topological polar surface area (TPSA) is 60.3 Å². The molecule has 1 amide bonds. The SMILES string of the molecule is CC(C)OCCCNC(=O)Cn1ccc(=O)c2cc(Cl)ccc21. The number of carbonyl (C=O) groups excluding carboxylic acids is 1. The average molecular weight is 337 g/mol. The molecule has 1 aromatic carbocycles. The van der Waals surface area contributed by atoms with Gasteiger partial charge in [-0.2, -0.15) is 0 Å². The third-order valence-electron chi connectivity index (χ3n) is 3.35. The number of hydrogen-bond acceptors (Lipinski definition) is 3. The highest BCUT2D eigenvalue weighted by molar-refractivity contribution is 6.31. The summed E-state index contributed by atoms with van der Waals surface area (Å²) in [6.07, 6.45) is 2.59. The van der Waals surface area contributed by atoms with Crippen LogP contribution in [0.25, 0.3) is 10.9 Å². The van der Waals surface area contributed by atoms with Gasteiger partial charge in [0.15, 0.2) is 5.43 Å². The molecule has 2 rings (SSSR count). The summed E-state index contributed by atoms with van der Waals surface area (Å²) in [6.45, 7) is 5.30. The van der Waals surface area contributed by atoms with Crippen LogP contribution < -0.4 is 10.7 Å². The highest BCUT2D eigenvalue weighted by atomic mass is 35.5. The first-order valence-electron chi connectivity index (χ1n) is 7.64. The smallest absolute Gasteiger partial charge is 0.239 e. The molecule has 0 saturated heterocycles. The van der Waals surface area contributed by atoms with Gasteiger partial charge in [-0.1, -0.05) is 11.6 Å². The van der Waals surface area contributed by atoms with Gasteiger partial charge in [0.25, 0.3) is 0 Å². The van der Waals surface area contributed by atoms with E-state index in [2.05, 4.69) is 5.32 Å². The number of halogens is 1. The van der Waals surface area contributed by atoms with Crippen LogP contribution in [0.3, 0.4) is 0 Å². The van der Waals surface area contributed by atoms with Crippen molar-refractivity contribution in [1.82, 2.24) is 9.88 Å². The fourth-order valence-corrected chi connectivity index (χ4v) is 2.42. The number of nitrogens with zero attached hydrogens (tertiary/aromatic N) is 1. The molecule has 0 aliphatic carbocycles. The van der Waals surface area contributed by atoms with Crippen molar-refractivity contribution >= 4 is 28.4 Å². The molecule has 124 valence electrons. The Morgan fingerprint density at radius 2 is 2.13 bits per heavy atom. The predicted octanol–water partition coefficient (Wildman–Crippen LogP) is 2.59. The number of fused-ring (bicyclic) bond motifs is 1. The molecule has 0 aliphatic heterocycles. The molecule has 0 saturated carbocycles. The van der Waals surface area contributed by atoms with Crippen molar-refractivity contribution in [3.63, 3.8) is 0 Å². The fourth-order valence-electron chi connectivity index (χ4n) is 2.25. The number of pyridine rings is 1. The molecule has 6 heteroatoms. The Labute approximate surface area is 140 Å². The van der Waals surface area contributed by atoms with E-state index in [-0.39, 0.29) is 24.0 Å². The Balaban J connectivity index is 1.98. The molecule has 1 N–H and O–H groups in total. The van der Waals surface area contributed by atoms with E-state index in [0.717, 1.165) is 6.42 Å². The molecule has 0 fully saturated rings. The van der Waals surface area contributed by atoms with Gasteiger partial charge in [-0.25, -0.2) is 0 Å². The van der Waals surface area contributed by atoms with Crippen LogP contribution in [-0.4, -0.2) is 29.7 Å². The number of ether oxygens (including phenoxy) is 1. The first-order valence-corrected chi connectivity index (χ1v) is 8.02. The van der Waals surface area contributed by atoms with Gasteiger partial charge < -0.3 is 14.6 Å². The minimum absolute atomic E-state index is 0.102. The quantitative estimate of drug-likeness (QED) is 0.791. The number of benzene rings is 1. The third kappa shape index (κ3) is 5.08. The van der Waals surface area contributed by atoms with Crippen LogP contribution in [0.2, 0.25) is 5.02 Å². The maximum atomic E-state index is 12.0. The lowest BCUT2D eigenvalue weighted by molar-refractivity contribution is -0.121. The van der Waals surface area contributed by atoms with Crippen LogP contribution >= 0.6 is 11.6 Å². The summed E-state index contributed by atoms with van der Waals surface area (Å²) in [4.78, 5) is 23.9. The lowest BCUT2D eigenvalue weighted by Crippen LogP contribution is -2.29. The second-order valence-electron chi connectivity index (χ2n) is 5.59. The molecule has 1 aromatic heterocycles. The maximum Gasteiger partial charge on any atom is 0.239 e. The summed E-state index contributed by atoms with van der Waals surface area (Å²) in [5, 5.41) is 3.87. The van der Waals surface area contributed by atoms with Crippen molar-refractivity contribution in [2.24, 2.45) is 0 Å². The minimum atomic E-state index is -0.106. The Morgan fingerprint density at radius 1 is 1.35 bits per heavy atom. The van der Waals surface area contributed by atoms with Gasteiger partial charge in [-0.3, -0.25) is 9.59 Å². The third-order valence-corrected chi connectivity index (χ3v) is 3.58. The first-order chi connectivity index (χ1) is 11.0. The molecule has 5 nitrogen and oxygen atoms in total. The molecule has 0 unspecified atom stereocenters. The van der Waals surface area contributed by atoms with E-state index in [9.17, 15) is 9.59 Å². The highest BCUT2D eigenvalue weighted by Crippen LogP contribution is 2.16. The summed E-state index contributed by atoms with van der Waals surface area (Å²) in [7, 11) is 0. The zero-order valence-corrected chi connectivity index (χ0v) is 14.1. The Hall–Kier alpha value is -1.85. The predicted molar refractivity (Wildman–Crippen MR) is 91.9 cm³/mol. The highest BCUT2D eigenvalue weighted by Gasteiger charge is 2.07. The molecular formula is C17H21ClN2O3. The molecular weight excluding hydrogens is 316 g/mol. The van der Waals surface area contributed by atoms with Crippen molar-refractivity contribution in [3.05, 3.63) is 45.7 Å². The average Bonchev–Trinajstić information content (AvgIpc) is 2.49. The molecule has 0 aliphatic rings. The maximum absolute atomic E-state index is 12.0. The number of hydrogen-bond donors (Lipinski definition) is 1. The van der Waals surface area contributed by atoms with E-state index >= 15 is 0 Å². The largest absolute Gasteiger partial charge is 0.379 e. The second kappa shape index (κ2) is 8.13.